The predicted octanol–water partition coefficient (Wildman–Crippen LogP) is 4.29. The summed E-state index contributed by atoms with van der Waals surface area (Å²) in [4.78, 5) is 11.4. The number of esters is 1. The normalized spacial score (nSPS) is 15.8. The van der Waals surface area contributed by atoms with Gasteiger partial charge in [0.05, 0.1) is 5.71 Å². The van der Waals surface area contributed by atoms with E-state index in [-0.39, 0.29) is 5.97 Å². The molecule has 0 saturated heterocycles. The monoisotopic (exact) mass is 330 g/mol. The molecule has 124 valence electrons. The molecule has 0 saturated carbocycles. The molecule has 0 aliphatic carbocycles. The van der Waals surface area contributed by atoms with Gasteiger partial charge in [-0.15, -0.1) is 5.10 Å². The van der Waals surface area contributed by atoms with Gasteiger partial charge in [0.2, 0.25) is 0 Å². The van der Waals surface area contributed by atoms with Gasteiger partial charge in [0.25, 0.3) is 0 Å². The zero-order valence-electron chi connectivity index (χ0n) is 14.1. The van der Waals surface area contributed by atoms with Gasteiger partial charge in [0.15, 0.2) is 0 Å². The van der Waals surface area contributed by atoms with Gasteiger partial charge >= 0.3 is 5.97 Å². The summed E-state index contributed by atoms with van der Waals surface area (Å²) >= 11 is 0. The van der Waals surface area contributed by atoms with Crippen LogP contribution in [0.3, 0.4) is 0 Å². The average Bonchev–Trinajstić information content (AvgIpc) is 2.94. The smallest absolute Gasteiger partial charge is 0.339 e. The second-order valence-corrected chi connectivity index (χ2v) is 5.69. The molecule has 1 aliphatic heterocycles. The SMILES string of the molecule is CC1=C/C(=C/C(C)=N/N=C(c2ccccc2)c2ccccc2)OC1=O. The largest absolute Gasteiger partial charge is 0.423 e. The fourth-order valence-electron chi connectivity index (χ4n) is 2.40. The molecular formula is C21H18N2O2. The minimum Gasteiger partial charge on any atom is -0.423 e. The van der Waals surface area contributed by atoms with Crippen LogP contribution in [-0.2, 0) is 9.53 Å². The van der Waals surface area contributed by atoms with Crippen LogP contribution in [0.15, 0.2) is 94.4 Å². The highest BCUT2D eigenvalue weighted by atomic mass is 16.5. The molecule has 0 spiro atoms. The lowest BCUT2D eigenvalue weighted by Crippen LogP contribution is -2.03. The number of allylic oxidation sites excluding steroid dienone is 2. The van der Waals surface area contributed by atoms with Crippen molar-refractivity contribution in [3.63, 3.8) is 0 Å². The summed E-state index contributed by atoms with van der Waals surface area (Å²) in [7, 11) is 0. The summed E-state index contributed by atoms with van der Waals surface area (Å²) < 4.78 is 5.12. The maximum atomic E-state index is 11.4. The first-order valence-corrected chi connectivity index (χ1v) is 7.99. The third-order valence-corrected chi connectivity index (χ3v) is 3.64. The van der Waals surface area contributed by atoms with Crippen LogP contribution < -0.4 is 0 Å². The van der Waals surface area contributed by atoms with E-state index in [1.54, 1.807) is 19.1 Å². The maximum absolute atomic E-state index is 11.4. The second-order valence-electron chi connectivity index (χ2n) is 5.69. The van der Waals surface area contributed by atoms with E-state index in [1.165, 1.54) is 0 Å². The van der Waals surface area contributed by atoms with Gasteiger partial charge in [-0.1, -0.05) is 60.7 Å². The van der Waals surface area contributed by atoms with E-state index in [9.17, 15) is 4.79 Å². The third-order valence-electron chi connectivity index (χ3n) is 3.64. The Bertz CT molecular complexity index is 851. The van der Waals surface area contributed by atoms with Crippen LogP contribution in [0.2, 0.25) is 0 Å². The van der Waals surface area contributed by atoms with E-state index in [0.717, 1.165) is 16.8 Å². The van der Waals surface area contributed by atoms with Crippen molar-refractivity contribution in [2.75, 3.05) is 0 Å². The molecule has 3 rings (SSSR count). The zero-order valence-corrected chi connectivity index (χ0v) is 14.1. The molecule has 4 heteroatoms. The van der Waals surface area contributed by atoms with Crippen molar-refractivity contribution in [2.24, 2.45) is 10.2 Å². The van der Waals surface area contributed by atoms with Crippen LogP contribution in [0, 0.1) is 0 Å². The Kier molecular flexibility index (Phi) is 5.00. The summed E-state index contributed by atoms with van der Waals surface area (Å²) in [6, 6.07) is 19.8. The second kappa shape index (κ2) is 7.53. The fourth-order valence-corrected chi connectivity index (χ4v) is 2.40. The number of benzene rings is 2. The summed E-state index contributed by atoms with van der Waals surface area (Å²) in [5, 5.41) is 8.74. The van der Waals surface area contributed by atoms with Crippen LogP contribution in [0.1, 0.15) is 25.0 Å². The van der Waals surface area contributed by atoms with E-state index in [2.05, 4.69) is 10.2 Å². The summed E-state index contributed by atoms with van der Waals surface area (Å²) in [6.07, 6.45) is 3.39. The molecule has 0 N–H and O–H groups in total. The highest BCUT2D eigenvalue weighted by molar-refractivity contribution is 6.13. The Morgan fingerprint density at radius 2 is 1.48 bits per heavy atom. The number of hydrogen-bond acceptors (Lipinski definition) is 4. The minimum atomic E-state index is -0.322. The van der Waals surface area contributed by atoms with Crippen molar-refractivity contribution in [1.29, 1.82) is 0 Å². The molecule has 4 nitrogen and oxygen atoms in total. The van der Waals surface area contributed by atoms with Crippen LogP contribution in [0.5, 0.6) is 0 Å². The Labute approximate surface area is 146 Å². The van der Waals surface area contributed by atoms with Gasteiger partial charge in [-0.25, -0.2) is 4.79 Å². The Morgan fingerprint density at radius 3 is 1.96 bits per heavy atom. The van der Waals surface area contributed by atoms with Crippen molar-refractivity contribution in [3.8, 4) is 0 Å². The lowest BCUT2D eigenvalue weighted by molar-refractivity contribution is -0.133. The summed E-state index contributed by atoms with van der Waals surface area (Å²) in [6.45, 7) is 3.54. The van der Waals surface area contributed by atoms with Crippen molar-refractivity contribution in [3.05, 3.63) is 95.3 Å². The first-order chi connectivity index (χ1) is 12.1. The fraction of sp³-hybridized carbons (Fsp3) is 0.0952. The van der Waals surface area contributed by atoms with Gasteiger partial charge in [0.1, 0.15) is 11.5 Å². The number of nitrogens with zero attached hydrogens (tertiary/aromatic N) is 2. The molecule has 0 fully saturated rings. The maximum Gasteiger partial charge on any atom is 0.339 e. The Hall–Kier alpha value is -3.27. The van der Waals surface area contributed by atoms with Gasteiger partial charge in [-0.2, -0.15) is 5.10 Å². The molecule has 0 aromatic heterocycles. The number of hydrogen-bond donors (Lipinski definition) is 0. The predicted molar refractivity (Wildman–Crippen MR) is 99.6 cm³/mol. The average molecular weight is 330 g/mol. The van der Waals surface area contributed by atoms with E-state index in [4.69, 9.17) is 4.74 Å². The van der Waals surface area contributed by atoms with Crippen molar-refractivity contribution < 1.29 is 9.53 Å². The summed E-state index contributed by atoms with van der Waals surface area (Å²) in [5.74, 6) is 0.164. The van der Waals surface area contributed by atoms with Gasteiger partial charge < -0.3 is 4.74 Å². The molecular weight excluding hydrogens is 312 g/mol. The molecule has 0 atom stereocenters. The van der Waals surface area contributed by atoms with Crippen LogP contribution >= 0.6 is 0 Å². The van der Waals surface area contributed by atoms with E-state index in [1.807, 2.05) is 67.6 Å². The third kappa shape index (κ3) is 4.18. The topological polar surface area (TPSA) is 51.0 Å². The molecule has 2 aromatic carbocycles. The number of carbonyl (C=O) groups is 1. The minimum absolute atomic E-state index is 0.322. The molecule has 0 amide bonds. The molecule has 25 heavy (non-hydrogen) atoms. The van der Waals surface area contributed by atoms with Crippen LogP contribution in [0.4, 0.5) is 0 Å². The van der Waals surface area contributed by atoms with Crippen molar-refractivity contribution >= 4 is 17.4 Å². The quantitative estimate of drug-likeness (QED) is 0.477. The number of rotatable bonds is 4. The lowest BCUT2D eigenvalue weighted by Gasteiger charge is -2.05. The van der Waals surface area contributed by atoms with Gasteiger partial charge in [-0.3, -0.25) is 0 Å². The number of cyclic esters (lactones) is 1. The summed E-state index contributed by atoms with van der Waals surface area (Å²) in [5.41, 5.74) is 3.99. The standard InChI is InChI=1S/C21H18N2O2/c1-15-13-19(25-21(15)24)14-16(2)22-23-20(17-9-5-3-6-10-17)18-11-7-4-8-12-18/h3-14H,1-2H3/b19-14-,22-16+. The number of ether oxygens (including phenoxy) is 1. The van der Waals surface area contributed by atoms with Crippen molar-refractivity contribution in [2.45, 2.75) is 13.8 Å². The Morgan fingerprint density at radius 1 is 0.920 bits per heavy atom. The molecule has 1 heterocycles. The van der Waals surface area contributed by atoms with E-state index >= 15 is 0 Å². The molecule has 2 aromatic rings. The highest BCUT2D eigenvalue weighted by Crippen LogP contribution is 2.16. The van der Waals surface area contributed by atoms with Gasteiger partial charge in [-0.05, 0) is 19.9 Å². The lowest BCUT2D eigenvalue weighted by atomic mass is 10.0. The van der Waals surface area contributed by atoms with E-state index in [0.29, 0.717) is 17.0 Å². The van der Waals surface area contributed by atoms with Crippen molar-refractivity contribution in [1.82, 2.24) is 0 Å². The zero-order chi connectivity index (χ0) is 17.6. The van der Waals surface area contributed by atoms with Crippen LogP contribution in [0.25, 0.3) is 0 Å². The molecule has 0 unspecified atom stereocenters. The van der Waals surface area contributed by atoms with Gasteiger partial charge in [0, 0.05) is 22.8 Å². The van der Waals surface area contributed by atoms with E-state index < -0.39 is 0 Å². The highest BCUT2D eigenvalue weighted by Gasteiger charge is 2.16. The first-order valence-electron chi connectivity index (χ1n) is 7.99. The van der Waals surface area contributed by atoms with Crippen LogP contribution in [-0.4, -0.2) is 17.4 Å². The Balaban J connectivity index is 1.94. The molecule has 0 radical (unpaired) electrons. The molecule has 0 bridgehead atoms. The number of carbonyl (C=O) groups excluding carboxylic acids is 1. The molecule has 1 aliphatic rings. The first kappa shape index (κ1) is 16.6.